The Kier molecular flexibility index (Phi) is 4.68. The molecule has 2 aromatic rings. The van der Waals surface area contributed by atoms with Crippen LogP contribution in [0.5, 0.6) is 11.5 Å². The number of aromatic amines is 1. The van der Waals surface area contributed by atoms with Gasteiger partial charge in [0.25, 0.3) is 5.56 Å². The van der Waals surface area contributed by atoms with Crippen LogP contribution < -0.4 is 19.9 Å². The van der Waals surface area contributed by atoms with E-state index in [-0.39, 0.29) is 5.56 Å². The normalized spacial score (nSPS) is 23.1. The molecule has 0 aliphatic carbocycles. The van der Waals surface area contributed by atoms with Gasteiger partial charge in [0.2, 0.25) is 6.79 Å². The fourth-order valence-electron chi connectivity index (χ4n) is 4.76. The Morgan fingerprint density at radius 2 is 1.89 bits per heavy atom. The average Bonchev–Trinajstić information content (AvgIpc) is 3.22. The van der Waals surface area contributed by atoms with Gasteiger partial charge in [-0.3, -0.25) is 9.69 Å². The van der Waals surface area contributed by atoms with E-state index in [2.05, 4.69) is 31.9 Å². The van der Waals surface area contributed by atoms with Crippen LogP contribution in [-0.2, 0) is 0 Å². The SMILES string of the molecule is O=c1cc(C2CCCN(C3CCN(c4ccc5c(c4)OCO5)CC3)C2)nc[nH]1. The van der Waals surface area contributed by atoms with Crippen molar-refractivity contribution in [1.29, 1.82) is 0 Å². The second-order valence-corrected chi connectivity index (χ2v) is 7.93. The van der Waals surface area contributed by atoms with E-state index in [0.717, 1.165) is 62.6 Å². The van der Waals surface area contributed by atoms with Gasteiger partial charge in [0.05, 0.1) is 12.0 Å². The summed E-state index contributed by atoms with van der Waals surface area (Å²) >= 11 is 0. The van der Waals surface area contributed by atoms with Gasteiger partial charge < -0.3 is 19.4 Å². The van der Waals surface area contributed by atoms with Crippen molar-refractivity contribution >= 4 is 5.69 Å². The summed E-state index contributed by atoms with van der Waals surface area (Å²) in [6.07, 6.45) is 6.12. The number of hydrogen-bond acceptors (Lipinski definition) is 6. The number of benzene rings is 1. The van der Waals surface area contributed by atoms with Crippen LogP contribution >= 0.6 is 0 Å². The lowest BCUT2D eigenvalue weighted by Crippen LogP contribution is -2.48. The maximum Gasteiger partial charge on any atom is 0.250 e. The molecule has 1 unspecified atom stereocenters. The molecule has 0 bridgehead atoms. The molecule has 4 heterocycles. The van der Waals surface area contributed by atoms with Crippen molar-refractivity contribution in [3.63, 3.8) is 0 Å². The molecule has 0 saturated carbocycles. The molecule has 1 aromatic carbocycles. The van der Waals surface area contributed by atoms with Crippen molar-refractivity contribution in [2.75, 3.05) is 37.9 Å². The summed E-state index contributed by atoms with van der Waals surface area (Å²) in [5.74, 6) is 2.05. The van der Waals surface area contributed by atoms with Gasteiger partial charge in [-0.1, -0.05) is 0 Å². The number of fused-ring (bicyclic) bond motifs is 1. The Hall–Kier alpha value is -2.54. The number of aromatic nitrogens is 2. The van der Waals surface area contributed by atoms with Crippen molar-refractivity contribution in [3.05, 3.63) is 46.6 Å². The molecule has 7 nitrogen and oxygen atoms in total. The van der Waals surface area contributed by atoms with Gasteiger partial charge in [0, 0.05) is 49.4 Å². The first kappa shape index (κ1) is 17.6. The van der Waals surface area contributed by atoms with E-state index in [1.54, 1.807) is 6.07 Å². The number of nitrogens with zero attached hydrogens (tertiary/aromatic N) is 3. The highest BCUT2D eigenvalue weighted by Crippen LogP contribution is 2.36. The summed E-state index contributed by atoms with van der Waals surface area (Å²) in [6.45, 7) is 4.57. The Labute approximate surface area is 164 Å². The van der Waals surface area contributed by atoms with Crippen LogP contribution in [0.4, 0.5) is 5.69 Å². The predicted molar refractivity (Wildman–Crippen MR) is 106 cm³/mol. The van der Waals surface area contributed by atoms with Crippen LogP contribution in [0.1, 0.15) is 37.3 Å². The largest absolute Gasteiger partial charge is 0.454 e. The third-order valence-corrected chi connectivity index (χ3v) is 6.27. The lowest BCUT2D eigenvalue weighted by molar-refractivity contribution is 0.127. The third kappa shape index (κ3) is 3.46. The summed E-state index contributed by atoms with van der Waals surface area (Å²) in [5.41, 5.74) is 2.09. The van der Waals surface area contributed by atoms with Crippen LogP contribution in [0.25, 0.3) is 0 Å². The molecule has 1 atom stereocenters. The molecular weight excluding hydrogens is 356 g/mol. The standard InChI is InChI=1S/C21H26N4O3/c26-21-11-18(22-13-23-21)15-2-1-7-25(12-15)16-5-8-24(9-6-16)17-3-4-19-20(10-17)28-14-27-19/h3-4,10-11,13,15-16H,1-2,5-9,12,14H2,(H,22,23,26). The highest BCUT2D eigenvalue weighted by molar-refractivity contribution is 5.57. The van der Waals surface area contributed by atoms with Gasteiger partial charge in [-0.05, 0) is 44.4 Å². The molecule has 2 fully saturated rings. The maximum atomic E-state index is 11.6. The fourth-order valence-corrected chi connectivity index (χ4v) is 4.76. The van der Waals surface area contributed by atoms with Gasteiger partial charge >= 0.3 is 0 Å². The smallest absolute Gasteiger partial charge is 0.250 e. The lowest BCUT2D eigenvalue weighted by Gasteiger charge is -2.42. The predicted octanol–water partition coefficient (Wildman–Crippen LogP) is 2.35. The Balaban J connectivity index is 1.21. The monoisotopic (exact) mass is 382 g/mol. The van der Waals surface area contributed by atoms with Gasteiger partial charge in [0.1, 0.15) is 0 Å². The molecule has 0 spiro atoms. The zero-order valence-electron chi connectivity index (χ0n) is 16.0. The van der Waals surface area contributed by atoms with E-state index in [1.807, 2.05) is 6.07 Å². The summed E-state index contributed by atoms with van der Waals surface area (Å²) < 4.78 is 10.9. The van der Waals surface area contributed by atoms with Crippen LogP contribution in [0.15, 0.2) is 35.4 Å². The number of H-pyrrole nitrogens is 1. The van der Waals surface area contributed by atoms with Gasteiger partial charge in [0.15, 0.2) is 11.5 Å². The second-order valence-electron chi connectivity index (χ2n) is 7.93. The van der Waals surface area contributed by atoms with E-state index in [1.165, 1.54) is 18.4 Å². The molecule has 0 amide bonds. The van der Waals surface area contributed by atoms with E-state index in [9.17, 15) is 4.79 Å². The minimum absolute atomic E-state index is 0.0563. The highest BCUT2D eigenvalue weighted by Gasteiger charge is 2.30. The maximum absolute atomic E-state index is 11.6. The molecule has 28 heavy (non-hydrogen) atoms. The number of nitrogens with one attached hydrogen (secondary N) is 1. The van der Waals surface area contributed by atoms with E-state index < -0.39 is 0 Å². The number of anilines is 1. The zero-order chi connectivity index (χ0) is 18.9. The highest BCUT2D eigenvalue weighted by atomic mass is 16.7. The number of ether oxygens (including phenoxy) is 2. The van der Waals surface area contributed by atoms with E-state index in [4.69, 9.17) is 9.47 Å². The minimum Gasteiger partial charge on any atom is -0.454 e. The average molecular weight is 382 g/mol. The Morgan fingerprint density at radius 3 is 2.75 bits per heavy atom. The molecule has 3 aliphatic heterocycles. The van der Waals surface area contributed by atoms with Crippen molar-refractivity contribution in [2.24, 2.45) is 0 Å². The number of piperidine rings is 2. The summed E-state index contributed by atoms with van der Waals surface area (Å²) in [4.78, 5) is 23.7. The molecule has 2 saturated heterocycles. The fraction of sp³-hybridized carbons (Fsp3) is 0.524. The Bertz CT molecular complexity index is 891. The number of likely N-dealkylation sites (tertiary alicyclic amines) is 1. The quantitative estimate of drug-likeness (QED) is 0.879. The Morgan fingerprint density at radius 1 is 1.04 bits per heavy atom. The summed E-state index contributed by atoms with van der Waals surface area (Å²) in [7, 11) is 0. The molecule has 0 radical (unpaired) electrons. The lowest BCUT2D eigenvalue weighted by atomic mass is 9.91. The summed E-state index contributed by atoms with van der Waals surface area (Å²) in [6, 6.07) is 8.50. The third-order valence-electron chi connectivity index (χ3n) is 6.27. The van der Waals surface area contributed by atoms with E-state index in [0.29, 0.717) is 18.8 Å². The topological polar surface area (TPSA) is 70.7 Å². The van der Waals surface area contributed by atoms with Gasteiger partial charge in [-0.15, -0.1) is 0 Å². The molecule has 1 aromatic heterocycles. The first-order chi connectivity index (χ1) is 13.8. The van der Waals surface area contributed by atoms with Crippen LogP contribution in [0.3, 0.4) is 0 Å². The number of hydrogen-bond donors (Lipinski definition) is 1. The second kappa shape index (κ2) is 7.47. The minimum atomic E-state index is -0.0563. The van der Waals surface area contributed by atoms with Crippen molar-refractivity contribution in [2.45, 2.75) is 37.6 Å². The van der Waals surface area contributed by atoms with Crippen LogP contribution in [0, 0.1) is 0 Å². The molecular formula is C21H26N4O3. The summed E-state index contributed by atoms with van der Waals surface area (Å²) in [5, 5.41) is 0. The van der Waals surface area contributed by atoms with Crippen molar-refractivity contribution < 1.29 is 9.47 Å². The number of rotatable bonds is 3. The van der Waals surface area contributed by atoms with Crippen molar-refractivity contribution in [1.82, 2.24) is 14.9 Å². The van der Waals surface area contributed by atoms with Crippen molar-refractivity contribution in [3.8, 4) is 11.5 Å². The van der Waals surface area contributed by atoms with Crippen LogP contribution in [0.2, 0.25) is 0 Å². The first-order valence-corrected chi connectivity index (χ1v) is 10.2. The molecule has 3 aliphatic rings. The van der Waals surface area contributed by atoms with Gasteiger partial charge in [-0.2, -0.15) is 0 Å². The van der Waals surface area contributed by atoms with Gasteiger partial charge in [-0.25, -0.2) is 4.98 Å². The van der Waals surface area contributed by atoms with Crippen LogP contribution in [-0.4, -0.2) is 53.9 Å². The first-order valence-electron chi connectivity index (χ1n) is 10.2. The molecule has 7 heteroatoms. The van der Waals surface area contributed by atoms with E-state index >= 15 is 0 Å². The molecule has 5 rings (SSSR count). The molecule has 148 valence electrons. The zero-order valence-corrected chi connectivity index (χ0v) is 16.0. The molecule has 1 N–H and O–H groups in total.